The van der Waals surface area contributed by atoms with Gasteiger partial charge in [-0.1, -0.05) is 29.3 Å². The van der Waals surface area contributed by atoms with Gasteiger partial charge in [0.05, 0.1) is 44.9 Å². The summed E-state index contributed by atoms with van der Waals surface area (Å²) in [6.07, 6.45) is 6.39. The third kappa shape index (κ3) is 6.37. The molecule has 2 fully saturated rings. The highest BCUT2D eigenvalue weighted by atomic mass is 35.5. The molecule has 1 saturated heterocycles. The van der Waals surface area contributed by atoms with Crippen LogP contribution in [0.3, 0.4) is 0 Å². The predicted octanol–water partition coefficient (Wildman–Crippen LogP) is 7.10. The van der Waals surface area contributed by atoms with Crippen molar-refractivity contribution in [3.8, 4) is 16.9 Å². The minimum absolute atomic E-state index is 0.00864. The molecule has 2 aromatic carbocycles. The smallest absolute Gasteiger partial charge is 0.410 e. The molecule has 0 radical (unpaired) electrons. The summed E-state index contributed by atoms with van der Waals surface area (Å²) in [5, 5.41) is 14.4. The van der Waals surface area contributed by atoms with Crippen molar-refractivity contribution in [2.45, 2.75) is 39.2 Å². The van der Waals surface area contributed by atoms with Crippen LogP contribution in [0.4, 0.5) is 22.1 Å². The number of phenols is 1. The van der Waals surface area contributed by atoms with E-state index in [9.17, 15) is 14.7 Å². The second-order valence-corrected chi connectivity index (χ2v) is 12.9. The number of phenolic OH excluding ortho intramolecular Hbond substituents is 1. The normalized spacial score (nSPS) is 15.4. The van der Waals surface area contributed by atoms with Crippen LogP contribution in [-0.2, 0) is 4.74 Å². The van der Waals surface area contributed by atoms with Crippen LogP contribution < -0.4 is 10.2 Å². The fourth-order valence-corrected chi connectivity index (χ4v) is 5.59. The molecule has 10 nitrogen and oxygen atoms in total. The standard InChI is InChI=1S/C32H32Cl2N6O4/c1-32(2,3)44-31(43)40-10-8-39(9-11-40)30-36-15-21(16-37-30)38-27-22-12-19(20-13-24(33)29(42)25(34)14-20)6-7-26(22)35-17-23(27)28(41)18-4-5-18/h6-7,12-18,42H,4-5,8-11H2,1-3H3,(H,35,38). The third-order valence-corrected chi connectivity index (χ3v) is 8.13. The Balaban J connectivity index is 1.27. The largest absolute Gasteiger partial charge is 0.505 e. The maximum atomic E-state index is 13.3. The molecule has 0 bridgehead atoms. The number of amides is 1. The number of carbonyl (C=O) groups excluding carboxylic acids is 2. The van der Waals surface area contributed by atoms with Crippen molar-refractivity contribution in [2.24, 2.45) is 5.92 Å². The topological polar surface area (TPSA) is 121 Å². The Labute approximate surface area is 265 Å². The molecule has 1 aliphatic carbocycles. The number of Topliss-reactive ketones (excluding diaryl/α,β-unsaturated/α-hetero) is 1. The van der Waals surface area contributed by atoms with E-state index in [0.717, 1.165) is 23.8 Å². The van der Waals surface area contributed by atoms with Crippen molar-refractivity contribution in [3.63, 3.8) is 0 Å². The minimum Gasteiger partial charge on any atom is -0.505 e. The molecule has 3 heterocycles. The van der Waals surface area contributed by atoms with Gasteiger partial charge in [-0.3, -0.25) is 9.78 Å². The molecule has 6 rings (SSSR count). The number of nitrogens with one attached hydrogen (secondary N) is 1. The molecule has 4 aromatic rings. The second-order valence-electron chi connectivity index (χ2n) is 12.1. The van der Waals surface area contributed by atoms with Crippen LogP contribution in [0.2, 0.25) is 10.0 Å². The first-order valence-electron chi connectivity index (χ1n) is 14.4. The van der Waals surface area contributed by atoms with Crippen LogP contribution in [0.5, 0.6) is 5.75 Å². The van der Waals surface area contributed by atoms with Crippen LogP contribution in [0.15, 0.2) is 48.9 Å². The Morgan fingerprint density at radius 2 is 1.59 bits per heavy atom. The summed E-state index contributed by atoms with van der Waals surface area (Å²) in [7, 11) is 0. The van der Waals surface area contributed by atoms with Gasteiger partial charge < -0.3 is 25.0 Å². The van der Waals surface area contributed by atoms with E-state index in [4.69, 9.17) is 27.9 Å². The number of ketones is 1. The molecule has 44 heavy (non-hydrogen) atoms. The Bertz CT molecular complexity index is 1720. The summed E-state index contributed by atoms with van der Waals surface area (Å²) in [6, 6.07) is 8.97. The molecular weight excluding hydrogens is 603 g/mol. The van der Waals surface area contributed by atoms with E-state index < -0.39 is 5.60 Å². The van der Waals surface area contributed by atoms with Gasteiger partial charge in [0.15, 0.2) is 11.5 Å². The molecule has 12 heteroatoms. The van der Waals surface area contributed by atoms with Crippen LogP contribution >= 0.6 is 23.2 Å². The van der Waals surface area contributed by atoms with E-state index in [1.165, 1.54) is 0 Å². The van der Waals surface area contributed by atoms with E-state index in [1.54, 1.807) is 35.6 Å². The summed E-state index contributed by atoms with van der Waals surface area (Å²) in [5.41, 5.74) is 3.38. The molecule has 2 aromatic heterocycles. The minimum atomic E-state index is -0.544. The van der Waals surface area contributed by atoms with E-state index in [0.29, 0.717) is 60.1 Å². The number of fused-ring (bicyclic) bond motifs is 1. The fourth-order valence-electron chi connectivity index (χ4n) is 5.10. The Hall–Kier alpha value is -4.15. The second kappa shape index (κ2) is 11.7. The number of benzene rings is 2. The third-order valence-electron chi connectivity index (χ3n) is 7.55. The van der Waals surface area contributed by atoms with E-state index in [1.807, 2.05) is 43.9 Å². The van der Waals surface area contributed by atoms with Gasteiger partial charge in [-0.05, 0) is 69.0 Å². The summed E-state index contributed by atoms with van der Waals surface area (Å²) in [6.45, 7) is 7.73. The first-order valence-corrected chi connectivity index (χ1v) is 15.2. The molecular formula is C32H32Cl2N6O4. The van der Waals surface area contributed by atoms with E-state index in [-0.39, 0.29) is 33.6 Å². The van der Waals surface area contributed by atoms with Gasteiger partial charge >= 0.3 is 6.09 Å². The van der Waals surface area contributed by atoms with Crippen molar-refractivity contribution < 1.29 is 19.4 Å². The van der Waals surface area contributed by atoms with Crippen LogP contribution in [0.1, 0.15) is 44.0 Å². The number of aromatic hydroxyl groups is 1. The molecule has 0 spiro atoms. The number of rotatable bonds is 6. The monoisotopic (exact) mass is 634 g/mol. The van der Waals surface area contributed by atoms with Crippen molar-refractivity contribution in [1.82, 2.24) is 19.9 Å². The average molecular weight is 636 g/mol. The van der Waals surface area contributed by atoms with E-state index in [2.05, 4.69) is 20.3 Å². The lowest BCUT2D eigenvalue weighted by Gasteiger charge is -2.35. The average Bonchev–Trinajstić information content (AvgIpc) is 3.85. The highest BCUT2D eigenvalue weighted by molar-refractivity contribution is 6.37. The Kier molecular flexibility index (Phi) is 7.98. The lowest BCUT2D eigenvalue weighted by Crippen LogP contribution is -2.50. The molecule has 1 amide bonds. The predicted molar refractivity (Wildman–Crippen MR) is 171 cm³/mol. The highest BCUT2D eigenvalue weighted by Crippen LogP contribution is 2.40. The highest BCUT2D eigenvalue weighted by Gasteiger charge is 2.33. The zero-order chi connectivity index (χ0) is 31.2. The van der Waals surface area contributed by atoms with Gasteiger partial charge in [0, 0.05) is 43.7 Å². The summed E-state index contributed by atoms with van der Waals surface area (Å²) < 4.78 is 5.49. The Morgan fingerprint density at radius 1 is 0.932 bits per heavy atom. The van der Waals surface area contributed by atoms with Gasteiger partial charge in [-0.25, -0.2) is 14.8 Å². The Morgan fingerprint density at radius 3 is 2.20 bits per heavy atom. The number of hydrogen-bond acceptors (Lipinski definition) is 9. The number of carbonyl (C=O) groups is 2. The summed E-state index contributed by atoms with van der Waals surface area (Å²) in [5.74, 6) is 0.415. The van der Waals surface area contributed by atoms with Gasteiger partial charge in [-0.15, -0.1) is 0 Å². The van der Waals surface area contributed by atoms with Crippen molar-refractivity contribution in [3.05, 3.63) is 64.5 Å². The molecule has 0 unspecified atom stereocenters. The SMILES string of the molecule is CC(C)(C)OC(=O)N1CCN(c2ncc(Nc3c(C(=O)C4CC4)cnc4ccc(-c5cc(Cl)c(O)c(Cl)c5)cc34)cn2)CC1. The first-order chi connectivity index (χ1) is 21.0. The molecule has 2 aliphatic rings. The number of anilines is 3. The van der Waals surface area contributed by atoms with Gasteiger partial charge in [0.2, 0.25) is 5.95 Å². The van der Waals surface area contributed by atoms with Crippen LogP contribution in [0, 0.1) is 5.92 Å². The zero-order valence-corrected chi connectivity index (χ0v) is 26.1. The molecule has 1 aliphatic heterocycles. The fraction of sp³-hybridized carbons (Fsp3) is 0.344. The molecule has 2 N–H and O–H groups in total. The number of nitrogens with zero attached hydrogens (tertiary/aromatic N) is 5. The van der Waals surface area contributed by atoms with Gasteiger partial charge in [-0.2, -0.15) is 0 Å². The van der Waals surface area contributed by atoms with Crippen molar-refractivity contribution in [1.29, 1.82) is 0 Å². The van der Waals surface area contributed by atoms with Crippen LogP contribution in [-0.4, -0.2) is 68.6 Å². The maximum Gasteiger partial charge on any atom is 0.410 e. The van der Waals surface area contributed by atoms with E-state index >= 15 is 0 Å². The molecule has 0 atom stereocenters. The summed E-state index contributed by atoms with van der Waals surface area (Å²) >= 11 is 12.4. The summed E-state index contributed by atoms with van der Waals surface area (Å²) in [4.78, 5) is 43.2. The lowest BCUT2D eigenvalue weighted by atomic mass is 9.99. The number of pyridine rings is 1. The first kappa shape index (κ1) is 29.9. The molecule has 1 saturated carbocycles. The quantitative estimate of drug-likeness (QED) is 0.214. The number of aromatic nitrogens is 3. The van der Waals surface area contributed by atoms with Gasteiger partial charge in [0.25, 0.3) is 0 Å². The number of piperazine rings is 1. The van der Waals surface area contributed by atoms with Crippen LogP contribution in [0.25, 0.3) is 22.0 Å². The number of hydrogen-bond donors (Lipinski definition) is 2. The lowest BCUT2D eigenvalue weighted by molar-refractivity contribution is 0.0240. The molecule has 228 valence electrons. The number of halogens is 2. The number of ether oxygens (including phenoxy) is 1. The van der Waals surface area contributed by atoms with Crippen molar-refractivity contribution in [2.75, 3.05) is 36.4 Å². The van der Waals surface area contributed by atoms with Gasteiger partial charge in [0.1, 0.15) is 5.60 Å². The maximum absolute atomic E-state index is 13.3. The van der Waals surface area contributed by atoms with Crippen molar-refractivity contribution >= 4 is 63.3 Å². The zero-order valence-electron chi connectivity index (χ0n) is 24.6.